The number of ketones is 1. The molecule has 2 aromatic rings. The smallest absolute Gasteiger partial charge is 0.256 e. The Balaban J connectivity index is 2.11. The molecular formula is C27H33ClNO4+. The van der Waals surface area contributed by atoms with E-state index in [0.717, 1.165) is 29.7 Å². The third-order valence-electron chi connectivity index (χ3n) is 6.12. The largest absolute Gasteiger partial charge is 0.496 e. The molecule has 1 N–H and O–H groups in total. The van der Waals surface area contributed by atoms with Crippen molar-refractivity contribution in [3.63, 3.8) is 0 Å². The van der Waals surface area contributed by atoms with Gasteiger partial charge in [0.1, 0.15) is 18.0 Å². The van der Waals surface area contributed by atoms with E-state index in [4.69, 9.17) is 21.1 Å². The number of likely N-dealkylation sites (N-methyl/N-ethyl adjacent to an activating group) is 1. The highest BCUT2D eigenvalue weighted by atomic mass is 35.5. The van der Waals surface area contributed by atoms with Gasteiger partial charge in [0.15, 0.2) is 5.71 Å². The van der Waals surface area contributed by atoms with E-state index >= 15 is 0 Å². The highest BCUT2D eigenvalue weighted by Crippen LogP contribution is 2.34. The van der Waals surface area contributed by atoms with Gasteiger partial charge in [-0.05, 0) is 69.2 Å². The standard InChI is InChI=1S/C27H33ClNO4/c1-6-18-10-13-23(29(7-2)26(18)19-8-11-21(28)12-9-19)27(31)20-15-24(32-4)22(14-17(3)30)25(16-20)33-5/h8-9,11-13,15-18,30H,6-7,10,14H2,1-5H3/q+1. The molecule has 1 aliphatic heterocycles. The Bertz CT molecular complexity index is 1050. The lowest BCUT2D eigenvalue weighted by molar-refractivity contribution is -0.470. The molecule has 33 heavy (non-hydrogen) atoms. The second kappa shape index (κ2) is 11.0. The van der Waals surface area contributed by atoms with Crippen molar-refractivity contribution in [2.45, 2.75) is 46.1 Å². The fraction of sp³-hybridized carbons (Fsp3) is 0.407. The second-order valence-corrected chi connectivity index (χ2v) is 8.74. The molecular weight excluding hydrogens is 438 g/mol. The Kier molecular flexibility index (Phi) is 8.33. The van der Waals surface area contributed by atoms with Crippen LogP contribution in [0.25, 0.3) is 0 Å². The number of methoxy groups -OCH3 is 2. The van der Waals surface area contributed by atoms with Crippen LogP contribution in [-0.4, -0.2) is 48.0 Å². The quantitative estimate of drug-likeness (QED) is 0.399. The number of benzene rings is 2. The van der Waals surface area contributed by atoms with Crippen LogP contribution >= 0.6 is 11.6 Å². The van der Waals surface area contributed by atoms with Gasteiger partial charge in [-0.25, -0.2) is 0 Å². The van der Waals surface area contributed by atoms with Crippen LogP contribution in [0.1, 0.15) is 55.1 Å². The number of carbonyl (C=O) groups is 1. The Morgan fingerprint density at radius 3 is 2.24 bits per heavy atom. The zero-order valence-corrected chi connectivity index (χ0v) is 20.8. The van der Waals surface area contributed by atoms with Gasteiger partial charge in [0, 0.05) is 34.1 Å². The van der Waals surface area contributed by atoms with Gasteiger partial charge in [-0.3, -0.25) is 4.79 Å². The molecule has 0 aliphatic carbocycles. The predicted molar refractivity (Wildman–Crippen MR) is 132 cm³/mol. The van der Waals surface area contributed by atoms with Crippen molar-refractivity contribution in [1.82, 2.24) is 0 Å². The van der Waals surface area contributed by atoms with Gasteiger partial charge >= 0.3 is 0 Å². The molecule has 0 spiro atoms. The summed E-state index contributed by atoms with van der Waals surface area (Å²) in [5.74, 6) is 1.30. The number of halogens is 1. The molecule has 176 valence electrons. The van der Waals surface area contributed by atoms with E-state index in [-0.39, 0.29) is 5.78 Å². The van der Waals surface area contributed by atoms with E-state index in [1.165, 1.54) is 0 Å². The molecule has 3 rings (SSSR count). The summed E-state index contributed by atoms with van der Waals surface area (Å²) in [6.45, 7) is 6.61. The molecule has 2 unspecified atom stereocenters. The van der Waals surface area contributed by atoms with Gasteiger partial charge in [-0.1, -0.05) is 18.5 Å². The number of nitrogens with zero attached hydrogens (tertiary/aromatic N) is 1. The van der Waals surface area contributed by atoms with E-state index in [0.29, 0.717) is 46.7 Å². The van der Waals surface area contributed by atoms with Gasteiger partial charge in [-0.2, -0.15) is 4.58 Å². The van der Waals surface area contributed by atoms with Crippen LogP contribution in [0.5, 0.6) is 11.5 Å². The van der Waals surface area contributed by atoms with Crippen molar-refractivity contribution < 1.29 is 24.0 Å². The van der Waals surface area contributed by atoms with E-state index in [2.05, 4.69) is 18.4 Å². The maximum Gasteiger partial charge on any atom is 0.256 e. The zero-order valence-electron chi connectivity index (χ0n) is 20.0. The Labute approximate surface area is 201 Å². The van der Waals surface area contributed by atoms with Crippen LogP contribution in [-0.2, 0) is 6.42 Å². The van der Waals surface area contributed by atoms with Crippen LogP contribution < -0.4 is 9.47 Å². The number of aliphatic hydroxyl groups is 1. The summed E-state index contributed by atoms with van der Waals surface area (Å²) in [5.41, 5.74) is 4.12. The number of hydrogen-bond donors (Lipinski definition) is 1. The van der Waals surface area contributed by atoms with Crippen LogP contribution in [0.15, 0.2) is 48.2 Å². The lowest BCUT2D eigenvalue weighted by Gasteiger charge is -2.22. The van der Waals surface area contributed by atoms with Gasteiger partial charge in [0.05, 0.1) is 20.3 Å². The van der Waals surface area contributed by atoms with Gasteiger partial charge in [0.25, 0.3) is 5.78 Å². The number of rotatable bonds is 9. The van der Waals surface area contributed by atoms with Gasteiger partial charge in [0.2, 0.25) is 5.70 Å². The summed E-state index contributed by atoms with van der Waals surface area (Å²) >= 11 is 6.12. The monoisotopic (exact) mass is 470 g/mol. The molecule has 0 fully saturated rings. The normalized spacial score (nSPS) is 16.9. The molecule has 2 atom stereocenters. The van der Waals surface area contributed by atoms with Gasteiger partial charge < -0.3 is 14.6 Å². The summed E-state index contributed by atoms with van der Waals surface area (Å²) in [5, 5.41) is 10.6. The minimum Gasteiger partial charge on any atom is -0.496 e. The van der Waals surface area contributed by atoms with Crippen LogP contribution in [0, 0.1) is 5.92 Å². The number of allylic oxidation sites excluding steroid dienone is 2. The predicted octanol–water partition coefficient (Wildman–Crippen LogP) is 5.30. The SMILES string of the molecule is CCC1CC=C(C(=O)c2cc(OC)c(CC(C)O)c(OC)c2)[N+](CC)=C1c1ccc(Cl)cc1. The van der Waals surface area contributed by atoms with Crippen LogP contribution in [0.3, 0.4) is 0 Å². The summed E-state index contributed by atoms with van der Waals surface area (Å²) in [7, 11) is 3.12. The van der Waals surface area contributed by atoms with Crippen LogP contribution in [0.4, 0.5) is 0 Å². The molecule has 0 saturated heterocycles. The van der Waals surface area contributed by atoms with Gasteiger partial charge in [-0.15, -0.1) is 0 Å². The first-order valence-electron chi connectivity index (χ1n) is 11.4. The van der Waals surface area contributed by atoms with E-state index in [1.54, 1.807) is 33.3 Å². The van der Waals surface area contributed by atoms with Crippen molar-refractivity contribution >= 4 is 23.1 Å². The molecule has 0 bridgehead atoms. The molecule has 1 heterocycles. The average molecular weight is 471 g/mol. The zero-order chi connectivity index (χ0) is 24.1. The fourth-order valence-electron chi connectivity index (χ4n) is 4.51. The summed E-state index contributed by atoms with van der Waals surface area (Å²) < 4.78 is 13.2. The number of hydrogen-bond acceptors (Lipinski definition) is 4. The Morgan fingerprint density at radius 2 is 1.76 bits per heavy atom. The highest BCUT2D eigenvalue weighted by molar-refractivity contribution is 6.30. The third-order valence-corrected chi connectivity index (χ3v) is 6.37. The summed E-state index contributed by atoms with van der Waals surface area (Å²) in [4.78, 5) is 13.8. The molecule has 2 aromatic carbocycles. The molecule has 0 amide bonds. The molecule has 6 heteroatoms. The number of Topliss-reactive ketones (excluding diaryl/α,β-unsaturated/α-hetero) is 1. The van der Waals surface area contributed by atoms with Crippen molar-refractivity contribution in [2.75, 3.05) is 20.8 Å². The number of ether oxygens (including phenoxy) is 2. The first-order valence-corrected chi connectivity index (χ1v) is 11.8. The highest BCUT2D eigenvalue weighted by Gasteiger charge is 2.35. The first kappa shape index (κ1) is 25.0. The number of aliphatic hydroxyl groups excluding tert-OH is 1. The first-order chi connectivity index (χ1) is 15.8. The van der Waals surface area contributed by atoms with E-state index < -0.39 is 6.10 Å². The maximum absolute atomic E-state index is 13.8. The maximum atomic E-state index is 13.8. The average Bonchev–Trinajstić information content (AvgIpc) is 2.82. The van der Waals surface area contributed by atoms with Crippen molar-refractivity contribution in [1.29, 1.82) is 0 Å². The minimum absolute atomic E-state index is 0.0851. The van der Waals surface area contributed by atoms with Crippen LogP contribution in [0.2, 0.25) is 5.02 Å². The molecule has 0 saturated carbocycles. The van der Waals surface area contributed by atoms with E-state index in [1.807, 2.05) is 30.3 Å². The molecule has 1 aliphatic rings. The molecule has 0 aromatic heterocycles. The summed E-state index contributed by atoms with van der Waals surface area (Å²) in [6.07, 6.45) is 3.62. The topological polar surface area (TPSA) is 58.8 Å². The number of carbonyl (C=O) groups excluding carboxylic acids is 1. The fourth-order valence-corrected chi connectivity index (χ4v) is 4.64. The van der Waals surface area contributed by atoms with E-state index in [9.17, 15) is 9.90 Å². The lowest BCUT2D eigenvalue weighted by Crippen LogP contribution is -2.34. The molecule has 5 nitrogen and oxygen atoms in total. The van der Waals surface area contributed by atoms with Crippen molar-refractivity contribution in [3.05, 3.63) is 69.9 Å². The minimum atomic E-state index is -0.562. The second-order valence-electron chi connectivity index (χ2n) is 8.31. The van der Waals surface area contributed by atoms with Crippen molar-refractivity contribution in [2.24, 2.45) is 5.92 Å². The lowest BCUT2D eigenvalue weighted by atomic mass is 9.87. The Hall–Kier alpha value is -2.63. The van der Waals surface area contributed by atoms with Crippen molar-refractivity contribution in [3.8, 4) is 11.5 Å². The Morgan fingerprint density at radius 1 is 1.15 bits per heavy atom. The summed E-state index contributed by atoms with van der Waals surface area (Å²) in [6, 6.07) is 11.3. The third kappa shape index (κ3) is 5.31. The molecule has 0 radical (unpaired) electrons.